The van der Waals surface area contributed by atoms with Gasteiger partial charge in [0.1, 0.15) is 11.6 Å². The van der Waals surface area contributed by atoms with Crippen LogP contribution < -0.4 is 10.9 Å². The second kappa shape index (κ2) is 8.59. The minimum atomic E-state index is -0.625. The van der Waals surface area contributed by atoms with Crippen molar-refractivity contribution < 1.29 is 14.3 Å². The molecular formula is C24H20N4O4S. The third-order valence-corrected chi connectivity index (χ3v) is 6.37. The highest BCUT2D eigenvalue weighted by Gasteiger charge is 2.28. The number of amides is 1. The van der Waals surface area contributed by atoms with E-state index in [0.717, 1.165) is 23.4 Å². The van der Waals surface area contributed by atoms with Gasteiger partial charge in [-0.3, -0.25) is 9.59 Å². The molecule has 2 heterocycles. The van der Waals surface area contributed by atoms with Gasteiger partial charge < -0.3 is 10.1 Å². The van der Waals surface area contributed by atoms with Gasteiger partial charge in [0.05, 0.1) is 16.9 Å². The van der Waals surface area contributed by atoms with Crippen LogP contribution in [-0.4, -0.2) is 26.5 Å². The van der Waals surface area contributed by atoms with E-state index in [1.807, 2.05) is 19.1 Å². The highest BCUT2D eigenvalue weighted by molar-refractivity contribution is 7.16. The van der Waals surface area contributed by atoms with Crippen LogP contribution in [0.15, 0.2) is 59.4 Å². The molecule has 33 heavy (non-hydrogen) atoms. The van der Waals surface area contributed by atoms with Crippen LogP contribution in [0.1, 0.15) is 55.7 Å². The number of hydrogen-bond donors (Lipinski definition) is 1. The number of fused-ring (bicyclic) bond motifs is 1. The van der Waals surface area contributed by atoms with E-state index in [9.17, 15) is 14.4 Å². The zero-order valence-electron chi connectivity index (χ0n) is 17.8. The normalized spacial score (nSPS) is 13.1. The maximum Gasteiger partial charge on any atom is 0.340 e. The summed E-state index contributed by atoms with van der Waals surface area (Å²) in [7, 11) is 0. The Balaban J connectivity index is 1.30. The van der Waals surface area contributed by atoms with E-state index in [-0.39, 0.29) is 23.6 Å². The van der Waals surface area contributed by atoms with Crippen LogP contribution >= 0.6 is 11.3 Å². The lowest BCUT2D eigenvalue weighted by Crippen LogP contribution is -2.18. The van der Waals surface area contributed by atoms with Gasteiger partial charge in [-0.25, -0.2) is 9.78 Å². The molecule has 0 aliphatic heterocycles. The highest BCUT2D eigenvalue weighted by atomic mass is 32.1. The van der Waals surface area contributed by atoms with E-state index in [4.69, 9.17) is 4.74 Å². The van der Waals surface area contributed by atoms with Crippen LogP contribution in [0.4, 0.5) is 5.69 Å². The van der Waals surface area contributed by atoms with E-state index in [0.29, 0.717) is 27.8 Å². The number of carbonyl (C=O) groups excluding carboxylic acids is 2. The van der Waals surface area contributed by atoms with E-state index in [1.165, 1.54) is 21.9 Å². The Kier molecular flexibility index (Phi) is 5.47. The first-order valence-corrected chi connectivity index (χ1v) is 11.3. The molecule has 1 fully saturated rings. The summed E-state index contributed by atoms with van der Waals surface area (Å²) in [5, 5.41) is 8.01. The molecule has 0 radical (unpaired) electrons. The highest BCUT2D eigenvalue weighted by Crippen LogP contribution is 2.41. The first-order chi connectivity index (χ1) is 16.0. The number of benzene rings is 2. The van der Waals surface area contributed by atoms with Crippen molar-refractivity contribution >= 4 is 33.9 Å². The minimum Gasteiger partial charge on any atom is -0.456 e. The van der Waals surface area contributed by atoms with Gasteiger partial charge in [-0.15, -0.1) is 0 Å². The zero-order valence-corrected chi connectivity index (χ0v) is 18.6. The number of hydrogen-bond acceptors (Lipinski definition) is 7. The number of nitrogens with zero attached hydrogens (tertiary/aromatic N) is 3. The Morgan fingerprint density at radius 3 is 2.67 bits per heavy atom. The topological polar surface area (TPSA) is 103 Å². The van der Waals surface area contributed by atoms with Gasteiger partial charge in [-0.1, -0.05) is 41.2 Å². The summed E-state index contributed by atoms with van der Waals surface area (Å²) in [6, 6.07) is 15.1. The van der Waals surface area contributed by atoms with Crippen molar-refractivity contribution in [2.24, 2.45) is 0 Å². The number of aromatic nitrogens is 3. The maximum atomic E-state index is 12.8. The van der Waals surface area contributed by atoms with E-state index < -0.39 is 5.97 Å². The number of para-hydroxylation sites is 1. The maximum absolute atomic E-state index is 12.8. The van der Waals surface area contributed by atoms with E-state index in [2.05, 4.69) is 15.4 Å². The number of rotatable bonds is 6. The molecule has 0 spiro atoms. The fourth-order valence-corrected chi connectivity index (χ4v) is 4.42. The smallest absolute Gasteiger partial charge is 0.340 e. The van der Waals surface area contributed by atoms with Crippen molar-refractivity contribution in [1.29, 1.82) is 0 Å². The summed E-state index contributed by atoms with van der Waals surface area (Å²) < 4.78 is 6.70. The van der Waals surface area contributed by atoms with Crippen LogP contribution in [-0.2, 0) is 11.3 Å². The Labute approximate surface area is 192 Å². The van der Waals surface area contributed by atoms with Gasteiger partial charge in [-0.2, -0.15) is 9.61 Å². The third-order valence-electron chi connectivity index (χ3n) is 5.30. The Bertz CT molecular complexity index is 1420. The number of nitrogens with one attached hydrogen (secondary N) is 1. The van der Waals surface area contributed by atoms with Gasteiger partial charge in [-0.05, 0) is 44.0 Å². The Morgan fingerprint density at radius 2 is 1.91 bits per heavy atom. The monoisotopic (exact) mass is 460 g/mol. The molecule has 5 rings (SSSR count). The van der Waals surface area contributed by atoms with Crippen molar-refractivity contribution in [1.82, 2.24) is 14.6 Å². The molecule has 9 heteroatoms. The molecular weight excluding hydrogens is 440 g/mol. The molecule has 0 unspecified atom stereocenters. The molecule has 8 nitrogen and oxygen atoms in total. The predicted octanol–water partition coefficient (Wildman–Crippen LogP) is 3.95. The molecule has 1 amide bonds. The van der Waals surface area contributed by atoms with Crippen LogP contribution in [0.2, 0.25) is 0 Å². The second-order valence-electron chi connectivity index (χ2n) is 7.94. The first-order valence-electron chi connectivity index (χ1n) is 10.5. The SMILES string of the molecule is Cc1ccc(C(=O)Nc2ccccc2C(=O)OCc2cc(=O)n3nc(C4CC4)sc3n2)cc1. The average Bonchev–Trinajstić information content (AvgIpc) is 3.57. The number of anilines is 1. The lowest BCUT2D eigenvalue weighted by Gasteiger charge is -2.11. The number of aryl methyl sites for hydroxylation is 1. The molecule has 1 aliphatic carbocycles. The molecule has 1 N–H and O–H groups in total. The van der Waals surface area contributed by atoms with Gasteiger partial charge in [0.2, 0.25) is 4.96 Å². The summed E-state index contributed by atoms with van der Waals surface area (Å²) in [6.07, 6.45) is 2.16. The lowest BCUT2D eigenvalue weighted by atomic mass is 10.1. The van der Waals surface area contributed by atoms with Crippen molar-refractivity contribution in [3.05, 3.63) is 92.3 Å². The van der Waals surface area contributed by atoms with Gasteiger partial charge in [0, 0.05) is 17.5 Å². The number of esters is 1. The van der Waals surface area contributed by atoms with E-state index >= 15 is 0 Å². The van der Waals surface area contributed by atoms with E-state index in [1.54, 1.807) is 36.4 Å². The molecule has 0 bridgehead atoms. The molecule has 0 atom stereocenters. The quantitative estimate of drug-likeness (QED) is 0.437. The lowest BCUT2D eigenvalue weighted by molar-refractivity contribution is 0.0469. The molecule has 0 saturated heterocycles. The van der Waals surface area contributed by atoms with Crippen molar-refractivity contribution in [2.45, 2.75) is 32.3 Å². The van der Waals surface area contributed by atoms with Gasteiger partial charge in [0.15, 0.2) is 0 Å². The summed E-state index contributed by atoms with van der Waals surface area (Å²) in [5.41, 5.74) is 2.12. The molecule has 2 aromatic heterocycles. The molecule has 1 aliphatic rings. The summed E-state index contributed by atoms with van der Waals surface area (Å²) in [4.78, 5) is 42.6. The van der Waals surface area contributed by atoms with Crippen molar-refractivity contribution in [3.63, 3.8) is 0 Å². The second-order valence-corrected chi connectivity index (χ2v) is 8.92. The summed E-state index contributed by atoms with van der Waals surface area (Å²) >= 11 is 1.39. The van der Waals surface area contributed by atoms with Crippen molar-refractivity contribution in [3.8, 4) is 0 Å². The third kappa shape index (κ3) is 4.54. The van der Waals surface area contributed by atoms with Crippen LogP contribution in [0.5, 0.6) is 0 Å². The summed E-state index contributed by atoms with van der Waals surface area (Å²) in [5.74, 6) is -0.532. The Hall–Kier alpha value is -3.85. The average molecular weight is 461 g/mol. The fourth-order valence-electron chi connectivity index (χ4n) is 3.33. The summed E-state index contributed by atoms with van der Waals surface area (Å²) in [6.45, 7) is 1.77. The van der Waals surface area contributed by atoms with Crippen LogP contribution in [0, 0.1) is 6.92 Å². The standard InChI is InChI=1S/C24H20N4O4S/c1-14-6-8-15(9-7-14)21(30)26-19-5-3-2-4-18(19)23(31)32-13-17-12-20(29)28-24(25-17)33-22(27-28)16-10-11-16/h2-9,12,16H,10-11,13H2,1H3,(H,26,30). The largest absolute Gasteiger partial charge is 0.456 e. The molecule has 2 aromatic carbocycles. The molecule has 166 valence electrons. The first kappa shape index (κ1) is 21.0. The number of carbonyl (C=O) groups is 2. The predicted molar refractivity (Wildman–Crippen MR) is 124 cm³/mol. The van der Waals surface area contributed by atoms with Crippen LogP contribution in [0.3, 0.4) is 0 Å². The number of ether oxygens (including phenoxy) is 1. The minimum absolute atomic E-state index is 0.165. The van der Waals surface area contributed by atoms with Crippen molar-refractivity contribution in [2.75, 3.05) is 5.32 Å². The van der Waals surface area contributed by atoms with Crippen LogP contribution in [0.25, 0.3) is 4.96 Å². The molecule has 1 saturated carbocycles. The zero-order chi connectivity index (χ0) is 22.9. The molecule has 4 aromatic rings. The van der Waals surface area contributed by atoms with Gasteiger partial charge in [0.25, 0.3) is 11.5 Å². The fraction of sp³-hybridized carbons (Fsp3) is 0.208. The van der Waals surface area contributed by atoms with Gasteiger partial charge >= 0.3 is 5.97 Å². The Morgan fingerprint density at radius 1 is 1.15 bits per heavy atom.